The van der Waals surface area contributed by atoms with Crippen LogP contribution in [0.15, 0.2) is 6.07 Å². The summed E-state index contributed by atoms with van der Waals surface area (Å²) in [6.45, 7) is 7.14. The average Bonchev–Trinajstić information content (AvgIpc) is 2.81. The van der Waals surface area contributed by atoms with Crippen molar-refractivity contribution in [1.29, 1.82) is 0 Å². The van der Waals surface area contributed by atoms with Gasteiger partial charge in [-0.15, -0.1) is 0 Å². The number of aliphatic hydroxyl groups is 1. The van der Waals surface area contributed by atoms with Crippen molar-refractivity contribution in [2.75, 3.05) is 39.6 Å². The number of rotatable bonds is 6. The van der Waals surface area contributed by atoms with E-state index >= 15 is 0 Å². The van der Waals surface area contributed by atoms with Crippen LogP contribution in [0.2, 0.25) is 0 Å². The van der Waals surface area contributed by atoms with Crippen molar-refractivity contribution < 1.29 is 34.2 Å². The second-order valence-corrected chi connectivity index (χ2v) is 13.1. The molecule has 40 heavy (non-hydrogen) atoms. The van der Waals surface area contributed by atoms with Gasteiger partial charge in [-0.3, -0.25) is 28.9 Å². The van der Waals surface area contributed by atoms with Gasteiger partial charge in [-0.05, 0) is 49.9 Å². The lowest BCUT2D eigenvalue weighted by molar-refractivity contribution is -0.181. The van der Waals surface area contributed by atoms with Crippen molar-refractivity contribution in [2.45, 2.75) is 51.8 Å². The highest BCUT2D eigenvalue weighted by Gasteiger charge is 2.69. The number of phenols is 1. The molecular weight excluding hydrogens is 516 g/mol. The Morgan fingerprint density at radius 2 is 1.75 bits per heavy atom. The fourth-order valence-corrected chi connectivity index (χ4v) is 6.81. The topological polar surface area (TPSA) is 170 Å². The van der Waals surface area contributed by atoms with E-state index in [1.165, 1.54) is 4.90 Å². The number of aromatic hydroxyl groups is 1. The first-order valence-electron chi connectivity index (χ1n) is 13.5. The first-order chi connectivity index (χ1) is 18.4. The van der Waals surface area contributed by atoms with Gasteiger partial charge in [0.1, 0.15) is 5.75 Å². The zero-order chi connectivity index (χ0) is 30.1. The molecule has 4 rings (SSSR count). The van der Waals surface area contributed by atoms with Gasteiger partial charge in [0.15, 0.2) is 34.7 Å². The molecule has 11 nitrogen and oxygen atoms in total. The lowest BCUT2D eigenvalue weighted by Gasteiger charge is -2.52. The van der Waals surface area contributed by atoms with Gasteiger partial charge in [-0.1, -0.05) is 20.8 Å². The molecule has 6 atom stereocenters. The van der Waals surface area contributed by atoms with Crippen LogP contribution in [0.25, 0.3) is 0 Å². The van der Waals surface area contributed by atoms with Crippen LogP contribution in [0.3, 0.4) is 0 Å². The van der Waals surface area contributed by atoms with Crippen LogP contribution in [0.1, 0.15) is 48.7 Å². The summed E-state index contributed by atoms with van der Waals surface area (Å²) in [7, 11) is 6.77. The molecule has 0 spiro atoms. The van der Waals surface area contributed by atoms with Crippen molar-refractivity contribution in [3.05, 3.63) is 22.8 Å². The van der Waals surface area contributed by atoms with E-state index in [1.54, 1.807) is 14.1 Å². The zero-order valence-electron chi connectivity index (χ0n) is 24.2. The number of nitrogens with zero attached hydrogens (tertiary/aromatic N) is 2. The maximum Gasteiger partial charge on any atom is 0.235 e. The Morgan fingerprint density at radius 3 is 2.27 bits per heavy atom. The van der Waals surface area contributed by atoms with Crippen LogP contribution in [-0.4, -0.2) is 90.5 Å². The van der Waals surface area contributed by atoms with E-state index in [-0.39, 0.29) is 36.1 Å². The Hall–Kier alpha value is -3.15. The predicted octanol–water partition coefficient (Wildman–Crippen LogP) is 0.0687. The van der Waals surface area contributed by atoms with Crippen molar-refractivity contribution in [2.24, 2.45) is 34.8 Å². The van der Waals surface area contributed by atoms with Crippen LogP contribution in [0.4, 0.5) is 5.69 Å². The molecule has 218 valence electrons. The van der Waals surface area contributed by atoms with Crippen LogP contribution >= 0.6 is 0 Å². The van der Waals surface area contributed by atoms with E-state index in [0.717, 1.165) is 0 Å². The van der Waals surface area contributed by atoms with Crippen molar-refractivity contribution in [3.8, 4) is 5.75 Å². The van der Waals surface area contributed by atoms with Crippen LogP contribution in [-0.2, 0) is 32.1 Å². The summed E-state index contributed by atoms with van der Waals surface area (Å²) >= 11 is 0. The highest BCUT2D eigenvalue weighted by atomic mass is 16.3. The molecule has 3 aliphatic carbocycles. The summed E-state index contributed by atoms with van der Waals surface area (Å²) in [6, 6.07) is 0.700. The summed E-state index contributed by atoms with van der Waals surface area (Å²) in [5.74, 6) is -10.4. The predicted molar refractivity (Wildman–Crippen MR) is 147 cm³/mol. The number of carbonyl (C=O) groups is 5. The molecule has 11 heteroatoms. The molecule has 0 bridgehead atoms. The van der Waals surface area contributed by atoms with Gasteiger partial charge < -0.3 is 26.2 Å². The number of amides is 1. The maximum absolute atomic E-state index is 14.0. The summed E-state index contributed by atoms with van der Waals surface area (Å²) in [5, 5.41) is 26.3. The van der Waals surface area contributed by atoms with Crippen molar-refractivity contribution >= 4 is 34.7 Å². The van der Waals surface area contributed by atoms with Gasteiger partial charge in [-0.2, -0.15) is 0 Å². The van der Waals surface area contributed by atoms with Crippen molar-refractivity contribution in [1.82, 2.24) is 10.2 Å². The number of primary amides is 1. The standard InChI is InChI=1S/C29H40N4O7/c1-28(2,3)12-31-11-14-10-17(32(4)5)15-8-13-9-16-21(33(6)7)24(36)20(27(30)39)26(38)29(16,40)25(37)18(13)23(35)19(15)22(14)34/h10,13,16,18,20-21,31,34,40H,8-9,11-12H2,1-7H3,(H2,30,39)/t13-,16-,18?,20?,21?,29-/m1/s1. The van der Waals surface area contributed by atoms with E-state index in [4.69, 9.17) is 5.73 Å². The minimum Gasteiger partial charge on any atom is -0.507 e. The average molecular weight is 557 g/mol. The number of likely N-dealkylation sites (N-methyl/N-ethyl adjacent to an activating group) is 1. The van der Waals surface area contributed by atoms with Crippen LogP contribution in [0, 0.1) is 29.1 Å². The molecule has 1 amide bonds. The first kappa shape index (κ1) is 29.8. The van der Waals surface area contributed by atoms with Crippen LogP contribution < -0.4 is 16.0 Å². The third kappa shape index (κ3) is 4.53. The second-order valence-electron chi connectivity index (χ2n) is 13.1. The van der Waals surface area contributed by atoms with E-state index in [1.807, 2.05) is 25.1 Å². The molecule has 0 saturated heterocycles. The first-order valence-corrected chi connectivity index (χ1v) is 13.5. The van der Waals surface area contributed by atoms with Gasteiger partial charge in [-0.25, -0.2) is 0 Å². The number of hydrogen-bond donors (Lipinski definition) is 4. The molecule has 3 unspecified atom stereocenters. The molecule has 0 heterocycles. The van der Waals surface area contributed by atoms with Gasteiger partial charge in [0.2, 0.25) is 5.91 Å². The summed E-state index contributed by atoms with van der Waals surface area (Å²) in [6.07, 6.45) is 0.245. The smallest absolute Gasteiger partial charge is 0.235 e. The lowest BCUT2D eigenvalue weighted by atomic mass is 9.52. The largest absolute Gasteiger partial charge is 0.507 e. The Labute approximate surface area is 234 Å². The van der Waals surface area contributed by atoms with Crippen molar-refractivity contribution in [3.63, 3.8) is 0 Å². The Kier molecular flexibility index (Phi) is 7.49. The number of phenolic OH excluding ortho intramolecular Hbond substituents is 1. The number of fused-ring (bicyclic) bond motifs is 3. The van der Waals surface area contributed by atoms with Gasteiger partial charge in [0.05, 0.1) is 17.5 Å². The SMILES string of the molecule is CN(C)c1cc(CNCC(C)(C)C)c(O)c2c1C[C@@H]1C[C@@H]3C(N(C)C)C(=O)C(C(N)=O)C(=O)[C@]3(O)C(=O)C1C2=O. The fraction of sp³-hybridized carbons (Fsp3) is 0.621. The number of carbonyl (C=O) groups excluding carboxylic acids is 5. The third-order valence-corrected chi connectivity index (χ3v) is 8.57. The minimum atomic E-state index is -2.73. The normalized spacial score (nSPS) is 30.2. The van der Waals surface area contributed by atoms with Gasteiger partial charge in [0.25, 0.3) is 0 Å². The quantitative estimate of drug-likeness (QED) is 0.352. The number of benzene rings is 1. The Bertz CT molecular complexity index is 1300. The monoisotopic (exact) mass is 556 g/mol. The third-order valence-electron chi connectivity index (χ3n) is 8.57. The van der Waals surface area contributed by atoms with E-state index < -0.39 is 64.4 Å². The second kappa shape index (κ2) is 10.0. The lowest BCUT2D eigenvalue weighted by Crippen LogP contribution is -2.74. The Morgan fingerprint density at radius 1 is 1.12 bits per heavy atom. The van der Waals surface area contributed by atoms with E-state index in [2.05, 4.69) is 26.1 Å². The Balaban J connectivity index is 1.83. The summed E-state index contributed by atoms with van der Waals surface area (Å²) in [5.41, 5.74) is 4.41. The highest BCUT2D eigenvalue weighted by molar-refractivity contribution is 6.32. The van der Waals surface area contributed by atoms with Gasteiger partial charge >= 0.3 is 0 Å². The summed E-state index contributed by atoms with van der Waals surface area (Å²) < 4.78 is 0. The number of ketones is 4. The molecule has 1 aromatic carbocycles. The maximum atomic E-state index is 14.0. The number of nitrogens with one attached hydrogen (secondary N) is 1. The minimum absolute atomic E-state index is 0.00496. The fourth-order valence-electron chi connectivity index (χ4n) is 6.81. The van der Waals surface area contributed by atoms with E-state index in [0.29, 0.717) is 23.4 Å². The van der Waals surface area contributed by atoms with Crippen LogP contribution in [0.5, 0.6) is 5.75 Å². The molecule has 1 aromatic rings. The molecule has 0 radical (unpaired) electrons. The number of anilines is 1. The molecule has 2 fully saturated rings. The van der Waals surface area contributed by atoms with E-state index in [9.17, 15) is 34.2 Å². The molecule has 0 aliphatic heterocycles. The molecule has 5 N–H and O–H groups in total. The highest BCUT2D eigenvalue weighted by Crippen LogP contribution is 2.52. The zero-order valence-corrected chi connectivity index (χ0v) is 24.2. The van der Waals surface area contributed by atoms with Gasteiger partial charge in [0, 0.05) is 44.4 Å². The molecule has 3 aliphatic rings. The summed E-state index contributed by atoms with van der Waals surface area (Å²) in [4.78, 5) is 70.1. The number of Topliss-reactive ketones (excluding diaryl/α,β-unsaturated/α-hetero) is 4. The number of nitrogens with two attached hydrogens (primary N) is 1. The molecule has 0 aromatic heterocycles. The molecule has 2 saturated carbocycles. The molecular formula is C29H40N4O7. The number of hydrogen-bond acceptors (Lipinski definition) is 10.